The zero-order chi connectivity index (χ0) is 14.7. The van der Waals surface area contributed by atoms with Crippen LogP contribution in [-0.2, 0) is 0 Å². The van der Waals surface area contributed by atoms with E-state index in [-0.39, 0.29) is 28.7 Å². The zero-order valence-electron chi connectivity index (χ0n) is 10.9. The Hall–Kier alpha value is -2.34. The Morgan fingerprint density at radius 3 is 2.65 bits per heavy atom. The number of carbonyl (C=O) groups excluding carboxylic acids is 1. The zero-order valence-corrected chi connectivity index (χ0v) is 11.6. The highest BCUT2D eigenvalue weighted by atomic mass is 35.5. The standard InChI is InChI=1S/C13H12ClN3O3/c1-19-10-6-16-11(13(17-10)20-2)12(18)8-4-3-7(14)5-9(8)15/h3-6H,15H2,1-2H3. The van der Waals surface area contributed by atoms with Crippen LogP contribution in [-0.4, -0.2) is 30.0 Å². The summed E-state index contributed by atoms with van der Waals surface area (Å²) in [7, 11) is 2.84. The maximum Gasteiger partial charge on any atom is 0.247 e. The van der Waals surface area contributed by atoms with Gasteiger partial charge in [-0.15, -0.1) is 0 Å². The molecule has 0 aliphatic rings. The maximum atomic E-state index is 12.4. The largest absolute Gasteiger partial charge is 0.480 e. The summed E-state index contributed by atoms with van der Waals surface area (Å²) in [6, 6.07) is 4.61. The number of ether oxygens (including phenoxy) is 2. The van der Waals surface area contributed by atoms with Crippen LogP contribution in [0.3, 0.4) is 0 Å². The topological polar surface area (TPSA) is 87.3 Å². The van der Waals surface area contributed by atoms with Crippen LogP contribution in [0.1, 0.15) is 16.1 Å². The van der Waals surface area contributed by atoms with Crippen LogP contribution in [0.15, 0.2) is 24.4 Å². The molecule has 0 saturated carbocycles. The number of anilines is 1. The van der Waals surface area contributed by atoms with Crippen molar-refractivity contribution in [3.63, 3.8) is 0 Å². The first-order valence-corrected chi connectivity index (χ1v) is 5.99. The molecular weight excluding hydrogens is 282 g/mol. The van der Waals surface area contributed by atoms with Crippen LogP contribution in [0.4, 0.5) is 5.69 Å². The first-order valence-electron chi connectivity index (χ1n) is 5.61. The quantitative estimate of drug-likeness (QED) is 0.685. The number of nitrogen functional groups attached to an aromatic ring is 1. The van der Waals surface area contributed by atoms with E-state index in [0.717, 1.165) is 0 Å². The number of ketones is 1. The highest BCUT2D eigenvalue weighted by molar-refractivity contribution is 6.31. The molecule has 0 aliphatic carbocycles. The average Bonchev–Trinajstić information content (AvgIpc) is 2.46. The van der Waals surface area contributed by atoms with Crippen molar-refractivity contribution in [2.24, 2.45) is 0 Å². The number of nitrogens with two attached hydrogens (primary N) is 1. The van der Waals surface area contributed by atoms with Gasteiger partial charge in [0.15, 0.2) is 5.69 Å². The van der Waals surface area contributed by atoms with Crippen molar-refractivity contribution >= 4 is 23.1 Å². The summed E-state index contributed by atoms with van der Waals surface area (Å²) < 4.78 is 9.98. The minimum atomic E-state index is -0.397. The third-order valence-corrected chi connectivity index (χ3v) is 2.83. The molecule has 104 valence electrons. The third kappa shape index (κ3) is 2.65. The van der Waals surface area contributed by atoms with Crippen molar-refractivity contribution in [3.05, 3.63) is 40.7 Å². The molecule has 0 bridgehead atoms. The maximum absolute atomic E-state index is 12.4. The van der Waals surface area contributed by atoms with E-state index in [0.29, 0.717) is 5.02 Å². The second-order valence-electron chi connectivity index (χ2n) is 3.83. The summed E-state index contributed by atoms with van der Waals surface area (Å²) >= 11 is 5.81. The molecule has 6 nitrogen and oxygen atoms in total. The Morgan fingerprint density at radius 2 is 2.05 bits per heavy atom. The highest BCUT2D eigenvalue weighted by Crippen LogP contribution is 2.24. The van der Waals surface area contributed by atoms with E-state index in [1.807, 2.05) is 0 Å². The minimum Gasteiger partial charge on any atom is -0.480 e. The number of methoxy groups -OCH3 is 2. The predicted molar refractivity (Wildman–Crippen MR) is 74.4 cm³/mol. The molecule has 0 atom stereocenters. The van der Waals surface area contributed by atoms with Crippen molar-refractivity contribution in [3.8, 4) is 11.8 Å². The molecule has 0 radical (unpaired) electrons. The molecular formula is C13H12ClN3O3. The number of nitrogens with zero attached hydrogens (tertiary/aromatic N) is 2. The Labute approximate surface area is 120 Å². The fourth-order valence-electron chi connectivity index (χ4n) is 1.62. The summed E-state index contributed by atoms with van der Waals surface area (Å²) in [4.78, 5) is 20.4. The van der Waals surface area contributed by atoms with Crippen LogP contribution in [0.2, 0.25) is 5.02 Å². The monoisotopic (exact) mass is 293 g/mol. The molecule has 20 heavy (non-hydrogen) atoms. The number of aromatic nitrogens is 2. The molecule has 0 unspecified atom stereocenters. The number of benzene rings is 1. The van der Waals surface area contributed by atoms with E-state index in [9.17, 15) is 4.79 Å². The van der Waals surface area contributed by atoms with Crippen molar-refractivity contribution in [2.75, 3.05) is 20.0 Å². The van der Waals surface area contributed by atoms with Gasteiger partial charge in [-0.25, -0.2) is 4.98 Å². The van der Waals surface area contributed by atoms with Gasteiger partial charge >= 0.3 is 0 Å². The number of halogens is 1. The molecule has 1 heterocycles. The number of hydrogen-bond donors (Lipinski definition) is 1. The fraction of sp³-hybridized carbons (Fsp3) is 0.154. The molecule has 1 aromatic heterocycles. The Morgan fingerprint density at radius 1 is 1.30 bits per heavy atom. The van der Waals surface area contributed by atoms with Crippen molar-refractivity contribution < 1.29 is 14.3 Å². The lowest BCUT2D eigenvalue weighted by molar-refractivity contribution is 0.103. The lowest BCUT2D eigenvalue weighted by Gasteiger charge is -2.09. The fourth-order valence-corrected chi connectivity index (χ4v) is 1.80. The normalized spacial score (nSPS) is 10.2. The second-order valence-corrected chi connectivity index (χ2v) is 4.27. The van der Waals surface area contributed by atoms with Crippen LogP contribution in [0.25, 0.3) is 0 Å². The van der Waals surface area contributed by atoms with Crippen LogP contribution < -0.4 is 15.2 Å². The van der Waals surface area contributed by atoms with Gasteiger partial charge in [0.2, 0.25) is 17.5 Å². The first-order chi connectivity index (χ1) is 9.56. The van der Waals surface area contributed by atoms with Gasteiger partial charge in [-0.1, -0.05) is 11.6 Å². The highest BCUT2D eigenvalue weighted by Gasteiger charge is 2.20. The minimum absolute atomic E-state index is 0.0577. The third-order valence-electron chi connectivity index (χ3n) is 2.59. The molecule has 2 aromatic rings. The van der Waals surface area contributed by atoms with Crippen LogP contribution in [0, 0.1) is 0 Å². The van der Waals surface area contributed by atoms with Gasteiger partial charge in [0.1, 0.15) is 0 Å². The lowest BCUT2D eigenvalue weighted by atomic mass is 10.1. The van der Waals surface area contributed by atoms with Gasteiger partial charge < -0.3 is 15.2 Å². The summed E-state index contributed by atoms with van der Waals surface area (Å²) in [6.07, 6.45) is 1.34. The Balaban J connectivity index is 2.47. The van der Waals surface area contributed by atoms with Gasteiger partial charge in [0.05, 0.1) is 20.4 Å². The predicted octanol–water partition coefficient (Wildman–Crippen LogP) is 1.96. The van der Waals surface area contributed by atoms with E-state index in [1.54, 1.807) is 6.07 Å². The lowest BCUT2D eigenvalue weighted by Crippen LogP contribution is -2.10. The molecule has 2 N–H and O–H groups in total. The van der Waals surface area contributed by atoms with Gasteiger partial charge in [-0.05, 0) is 18.2 Å². The molecule has 0 amide bonds. The van der Waals surface area contributed by atoms with Crippen molar-refractivity contribution in [1.29, 1.82) is 0 Å². The molecule has 1 aromatic carbocycles. The summed E-state index contributed by atoms with van der Waals surface area (Å²) in [5.41, 5.74) is 6.40. The summed E-state index contributed by atoms with van der Waals surface area (Å²) in [5, 5.41) is 0.451. The number of carbonyl (C=O) groups is 1. The Bertz CT molecular complexity index is 661. The second kappa shape index (κ2) is 5.75. The average molecular weight is 294 g/mol. The molecule has 0 fully saturated rings. The molecule has 0 saturated heterocycles. The first kappa shape index (κ1) is 14.1. The van der Waals surface area contributed by atoms with Crippen molar-refractivity contribution in [2.45, 2.75) is 0 Å². The van der Waals surface area contributed by atoms with Gasteiger partial charge in [0.25, 0.3) is 0 Å². The van der Waals surface area contributed by atoms with Crippen LogP contribution >= 0.6 is 11.6 Å². The van der Waals surface area contributed by atoms with E-state index in [1.165, 1.54) is 32.5 Å². The molecule has 0 spiro atoms. The van der Waals surface area contributed by atoms with Crippen molar-refractivity contribution in [1.82, 2.24) is 9.97 Å². The van der Waals surface area contributed by atoms with Gasteiger partial charge in [-0.3, -0.25) is 4.79 Å². The van der Waals surface area contributed by atoms with Gasteiger partial charge in [-0.2, -0.15) is 4.98 Å². The van der Waals surface area contributed by atoms with Crippen LogP contribution in [0.5, 0.6) is 11.8 Å². The smallest absolute Gasteiger partial charge is 0.247 e. The SMILES string of the molecule is COc1cnc(C(=O)c2ccc(Cl)cc2N)c(OC)n1. The summed E-state index contributed by atoms with van der Waals surface area (Å²) in [6.45, 7) is 0. The van der Waals surface area contributed by atoms with E-state index >= 15 is 0 Å². The number of rotatable bonds is 4. The molecule has 2 rings (SSSR count). The Kier molecular flexibility index (Phi) is 4.05. The van der Waals surface area contributed by atoms with Gasteiger partial charge in [0, 0.05) is 16.3 Å². The van der Waals surface area contributed by atoms with E-state index in [2.05, 4.69) is 9.97 Å². The molecule has 0 aliphatic heterocycles. The number of hydrogen-bond acceptors (Lipinski definition) is 6. The van der Waals surface area contributed by atoms with E-state index < -0.39 is 5.78 Å². The van der Waals surface area contributed by atoms with E-state index in [4.69, 9.17) is 26.8 Å². The summed E-state index contributed by atoms with van der Waals surface area (Å²) in [5.74, 6) is -0.0719. The molecule has 7 heteroatoms.